The van der Waals surface area contributed by atoms with Gasteiger partial charge in [-0.2, -0.15) is 0 Å². The summed E-state index contributed by atoms with van der Waals surface area (Å²) in [4.78, 5) is 16.1. The second-order valence-electron chi connectivity index (χ2n) is 7.53. The molecule has 1 heterocycles. The molecular formula is C26H31NO6. The minimum absolute atomic E-state index is 0.230. The molecule has 0 aliphatic carbocycles. The van der Waals surface area contributed by atoms with E-state index in [1.165, 1.54) is 0 Å². The molecule has 3 rings (SSSR count). The Balaban J connectivity index is 1.57. The smallest absolute Gasteiger partial charge is 0.333 e. The fraction of sp³-hybridized carbons (Fsp3) is 0.385. The molecule has 3 aromatic rings. The van der Waals surface area contributed by atoms with Crippen LogP contribution < -0.4 is 9.47 Å². The summed E-state index contributed by atoms with van der Waals surface area (Å²) in [7, 11) is 0. The standard InChI is InChI=1S/C26H31NO6/c1-4-30-23-17-21(14-13-20(23)16-24(26(28)29)31-5-2)32-15-9-12-22-18(3)33-25(27-22)19-10-7-6-8-11-19/h6-8,10-11,13-14,17,24H,4-5,9,12,15-16H2,1-3H3,(H,28,29)/t24-/m0/s1. The van der Waals surface area contributed by atoms with Gasteiger partial charge in [0.2, 0.25) is 5.89 Å². The number of aryl methyl sites for hydroxylation is 2. The molecule has 0 bridgehead atoms. The molecule has 0 amide bonds. The van der Waals surface area contributed by atoms with Crippen molar-refractivity contribution in [3.05, 3.63) is 65.5 Å². The number of aromatic nitrogens is 1. The molecule has 0 spiro atoms. The highest BCUT2D eigenvalue weighted by Gasteiger charge is 2.20. The van der Waals surface area contributed by atoms with Gasteiger partial charge in [0.1, 0.15) is 17.3 Å². The van der Waals surface area contributed by atoms with E-state index in [0.29, 0.717) is 37.2 Å². The van der Waals surface area contributed by atoms with Gasteiger partial charge in [-0.1, -0.05) is 24.3 Å². The zero-order chi connectivity index (χ0) is 23.6. The van der Waals surface area contributed by atoms with Gasteiger partial charge in [-0.3, -0.25) is 0 Å². The number of oxazole rings is 1. The third kappa shape index (κ3) is 6.83. The van der Waals surface area contributed by atoms with E-state index < -0.39 is 12.1 Å². The van der Waals surface area contributed by atoms with Crippen LogP contribution in [0.4, 0.5) is 0 Å². The molecule has 2 aromatic carbocycles. The second-order valence-corrected chi connectivity index (χ2v) is 7.53. The fourth-order valence-electron chi connectivity index (χ4n) is 3.50. The van der Waals surface area contributed by atoms with E-state index in [2.05, 4.69) is 4.98 Å². The van der Waals surface area contributed by atoms with Crippen molar-refractivity contribution >= 4 is 5.97 Å². The summed E-state index contributed by atoms with van der Waals surface area (Å²) in [5.74, 6) is 1.75. The van der Waals surface area contributed by atoms with E-state index in [1.807, 2.05) is 56.3 Å². The lowest BCUT2D eigenvalue weighted by Crippen LogP contribution is -2.26. The molecule has 0 aliphatic heterocycles. The van der Waals surface area contributed by atoms with Gasteiger partial charge in [0, 0.05) is 24.7 Å². The molecule has 1 aromatic heterocycles. The van der Waals surface area contributed by atoms with Crippen molar-refractivity contribution in [2.45, 2.75) is 46.1 Å². The van der Waals surface area contributed by atoms with Crippen LogP contribution in [0.1, 0.15) is 37.3 Å². The predicted octanol–water partition coefficient (Wildman–Crippen LogP) is 5.09. The van der Waals surface area contributed by atoms with E-state index in [0.717, 1.165) is 35.4 Å². The molecule has 176 valence electrons. The Morgan fingerprint density at radius 2 is 1.88 bits per heavy atom. The lowest BCUT2D eigenvalue weighted by atomic mass is 10.1. The maximum absolute atomic E-state index is 11.4. The number of hydrogen-bond acceptors (Lipinski definition) is 6. The van der Waals surface area contributed by atoms with E-state index in [4.69, 9.17) is 18.6 Å². The third-order valence-electron chi connectivity index (χ3n) is 5.13. The van der Waals surface area contributed by atoms with E-state index >= 15 is 0 Å². The van der Waals surface area contributed by atoms with E-state index in [1.54, 1.807) is 13.0 Å². The number of carboxylic acids is 1. The molecule has 0 unspecified atom stereocenters. The number of aliphatic carboxylic acids is 1. The summed E-state index contributed by atoms with van der Waals surface area (Å²) in [5.41, 5.74) is 2.66. The lowest BCUT2D eigenvalue weighted by Gasteiger charge is -2.16. The first-order chi connectivity index (χ1) is 16.0. The summed E-state index contributed by atoms with van der Waals surface area (Å²) in [6.45, 7) is 6.90. The van der Waals surface area contributed by atoms with Crippen molar-refractivity contribution in [1.82, 2.24) is 4.98 Å². The van der Waals surface area contributed by atoms with Crippen molar-refractivity contribution in [2.75, 3.05) is 19.8 Å². The number of carboxylic acid groups (broad SMARTS) is 1. The largest absolute Gasteiger partial charge is 0.493 e. The maximum atomic E-state index is 11.4. The molecule has 0 fully saturated rings. The highest BCUT2D eigenvalue weighted by Crippen LogP contribution is 2.27. The summed E-state index contributed by atoms with van der Waals surface area (Å²) in [5, 5.41) is 9.36. The lowest BCUT2D eigenvalue weighted by molar-refractivity contribution is -0.149. The third-order valence-corrected chi connectivity index (χ3v) is 5.13. The first-order valence-electron chi connectivity index (χ1n) is 11.3. The van der Waals surface area contributed by atoms with Crippen molar-refractivity contribution in [3.8, 4) is 23.0 Å². The molecule has 1 atom stereocenters. The SMILES string of the molecule is CCOc1cc(OCCCc2nc(-c3ccccc3)oc2C)ccc1C[C@H](OCC)C(=O)O. The van der Waals surface area contributed by atoms with Gasteiger partial charge < -0.3 is 23.7 Å². The van der Waals surface area contributed by atoms with Gasteiger partial charge >= 0.3 is 5.97 Å². The second kappa shape index (κ2) is 12.1. The molecule has 7 nitrogen and oxygen atoms in total. The molecule has 0 saturated carbocycles. The molecule has 0 radical (unpaired) electrons. The number of carbonyl (C=O) groups is 1. The van der Waals surface area contributed by atoms with Crippen LogP contribution >= 0.6 is 0 Å². The molecule has 0 saturated heterocycles. The molecule has 1 N–H and O–H groups in total. The number of nitrogens with zero attached hydrogens (tertiary/aromatic N) is 1. The van der Waals surface area contributed by atoms with Gasteiger partial charge in [0.15, 0.2) is 6.10 Å². The highest BCUT2D eigenvalue weighted by atomic mass is 16.5. The van der Waals surface area contributed by atoms with Gasteiger partial charge in [0.25, 0.3) is 0 Å². The average Bonchev–Trinajstić information content (AvgIpc) is 3.19. The Kier molecular flexibility index (Phi) is 8.89. The summed E-state index contributed by atoms with van der Waals surface area (Å²) < 4.78 is 22.8. The Hall–Kier alpha value is -3.32. The summed E-state index contributed by atoms with van der Waals surface area (Å²) in [6, 6.07) is 15.3. The van der Waals surface area contributed by atoms with Gasteiger partial charge in [-0.15, -0.1) is 0 Å². The fourth-order valence-corrected chi connectivity index (χ4v) is 3.50. The van der Waals surface area contributed by atoms with Crippen LogP contribution in [0.3, 0.4) is 0 Å². The zero-order valence-corrected chi connectivity index (χ0v) is 19.4. The molecule has 0 aliphatic rings. The number of benzene rings is 2. The van der Waals surface area contributed by atoms with Crippen molar-refractivity contribution < 1.29 is 28.5 Å². The molecule has 33 heavy (non-hydrogen) atoms. The van der Waals surface area contributed by atoms with Gasteiger partial charge in [-0.05, 0) is 57.4 Å². The van der Waals surface area contributed by atoms with Gasteiger partial charge in [-0.25, -0.2) is 9.78 Å². The minimum atomic E-state index is -0.988. The van der Waals surface area contributed by atoms with Crippen LogP contribution in [-0.2, 0) is 22.4 Å². The van der Waals surface area contributed by atoms with Crippen LogP contribution in [0.2, 0.25) is 0 Å². The summed E-state index contributed by atoms with van der Waals surface area (Å²) in [6.07, 6.45) is 0.840. The van der Waals surface area contributed by atoms with Crippen molar-refractivity contribution in [3.63, 3.8) is 0 Å². The topological polar surface area (TPSA) is 91.0 Å². The Labute approximate surface area is 194 Å². The number of hydrogen-bond donors (Lipinski definition) is 1. The number of ether oxygens (including phenoxy) is 3. The van der Waals surface area contributed by atoms with Gasteiger partial charge in [0.05, 0.1) is 18.9 Å². The molecule has 7 heteroatoms. The zero-order valence-electron chi connectivity index (χ0n) is 19.4. The monoisotopic (exact) mass is 453 g/mol. The quantitative estimate of drug-likeness (QED) is 0.360. The van der Waals surface area contributed by atoms with Crippen LogP contribution in [0, 0.1) is 6.92 Å². The summed E-state index contributed by atoms with van der Waals surface area (Å²) >= 11 is 0. The average molecular weight is 454 g/mol. The van der Waals surface area contributed by atoms with Crippen LogP contribution in [0.5, 0.6) is 11.5 Å². The van der Waals surface area contributed by atoms with Crippen LogP contribution in [-0.4, -0.2) is 42.0 Å². The highest BCUT2D eigenvalue weighted by molar-refractivity contribution is 5.73. The normalized spacial score (nSPS) is 11.8. The van der Waals surface area contributed by atoms with Crippen LogP contribution in [0.25, 0.3) is 11.5 Å². The minimum Gasteiger partial charge on any atom is -0.493 e. The predicted molar refractivity (Wildman–Crippen MR) is 125 cm³/mol. The Morgan fingerprint density at radius 1 is 1.09 bits per heavy atom. The Morgan fingerprint density at radius 3 is 2.58 bits per heavy atom. The van der Waals surface area contributed by atoms with Crippen molar-refractivity contribution in [2.24, 2.45) is 0 Å². The van der Waals surface area contributed by atoms with E-state index in [9.17, 15) is 9.90 Å². The van der Waals surface area contributed by atoms with Crippen molar-refractivity contribution in [1.29, 1.82) is 0 Å². The first kappa shape index (κ1) is 24.3. The number of rotatable bonds is 13. The Bertz CT molecular complexity index is 1030. The van der Waals surface area contributed by atoms with Crippen LogP contribution in [0.15, 0.2) is 52.9 Å². The first-order valence-corrected chi connectivity index (χ1v) is 11.3. The molecular weight excluding hydrogens is 422 g/mol. The van der Waals surface area contributed by atoms with E-state index in [-0.39, 0.29) is 6.42 Å². The maximum Gasteiger partial charge on any atom is 0.333 e.